The zero-order valence-corrected chi connectivity index (χ0v) is 31.0. The van der Waals surface area contributed by atoms with Gasteiger partial charge in [-0.1, -0.05) is 164 Å². The monoisotopic (exact) mass is 732 g/mol. The van der Waals surface area contributed by atoms with Crippen LogP contribution in [0.2, 0.25) is 0 Å². The normalized spacial score (nSPS) is 19.9. The number of rotatable bonds is 4. The van der Waals surface area contributed by atoms with Crippen LogP contribution in [0.4, 0.5) is 11.4 Å². The highest BCUT2D eigenvalue weighted by Crippen LogP contribution is 2.62. The highest BCUT2D eigenvalue weighted by molar-refractivity contribution is 6.14. The standard InChI is InChI=1S/C52H36N4O/c1-2-15-33(16-3-1)49-53-50(34-29-31-35(32-30-34)56-45-26-11-6-19-38(45)39-20-7-12-27-46(39)56)55-51(54-49)40-21-14-25-44-48(40)57-47-28-13-10-24-43(47)52(44)41-22-8-4-17-36(41)37-18-5-9-23-42(37)52/h1-32,38,45,50H,(H,53,54,55). The summed E-state index contributed by atoms with van der Waals surface area (Å²) in [5.74, 6) is 3.35. The predicted molar refractivity (Wildman–Crippen MR) is 229 cm³/mol. The van der Waals surface area contributed by atoms with Crippen molar-refractivity contribution in [3.05, 3.63) is 239 Å². The lowest BCUT2D eigenvalue weighted by atomic mass is 9.66. The molecule has 7 aromatic carbocycles. The maximum absolute atomic E-state index is 7.02. The second kappa shape index (κ2) is 12.4. The molecular weight excluding hydrogens is 697 g/mol. The van der Waals surface area contributed by atoms with Gasteiger partial charge >= 0.3 is 0 Å². The summed E-state index contributed by atoms with van der Waals surface area (Å²) in [5.41, 5.74) is 13.3. The fraction of sp³-hybridized carbons (Fsp3) is 0.0769. The Balaban J connectivity index is 1.01. The third kappa shape index (κ3) is 4.63. The molecule has 2 aliphatic carbocycles. The third-order valence-electron chi connectivity index (χ3n) is 12.4. The van der Waals surface area contributed by atoms with Gasteiger partial charge in [-0.2, -0.15) is 0 Å². The van der Waals surface area contributed by atoms with Crippen molar-refractivity contribution in [1.82, 2.24) is 5.32 Å². The Kier molecular flexibility index (Phi) is 6.96. The second-order valence-corrected chi connectivity index (χ2v) is 15.3. The zero-order valence-electron chi connectivity index (χ0n) is 31.0. The molecule has 3 atom stereocenters. The first-order chi connectivity index (χ1) is 28.3. The summed E-state index contributed by atoms with van der Waals surface area (Å²) >= 11 is 0. The van der Waals surface area contributed by atoms with Crippen molar-refractivity contribution < 1.29 is 4.74 Å². The summed E-state index contributed by atoms with van der Waals surface area (Å²) in [4.78, 5) is 13.1. The van der Waals surface area contributed by atoms with Crippen LogP contribution < -0.4 is 15.0 Å². The molecule has 3 heterocycles. The molecule has 5 aliphatic rings. The van der Waals surface area contributed by atoms with E-state index in [2.05, 4.69) is 186 Å². The molecule has 12 rings (SSSR count). The van der Waals surface area contributed by atoms with Gasteiger partial charge in [-0.3, -0.25) is 0 Å². The molecule has 0 radical (unpaired) electrons. The minimum Gasteiger partial charge on any atom is -0.456 e. The van der Waals surface area contributed by atoms with E-state index < -0.39 is 5.41 Å². The minimum absolute atomic E-state index is 0.240. The molecule has 0 fully saturated rings. The van der Waals surface area contributed by atoms with Crippen molar-refractivity contribution in [3.63, 3.8) is 0 Å². The number of hydrogen-bond acceptors (Lipinski definition) is 5. The summed E-state index contributed by atoms with van der Waals surface area (Å²) in [6.45, 7) is 0. The summed E-state index contributed by atoms with van der Waals surface area (Å²) < 4.78 is 7.02. The molecule has 57 heavy (non-hydrogen) atoms. The Labute approximate surface area is 331 Å². The van der Waals surface area contributed by atoms with Crippen LogP contribution in [0, 0.1) is 0 Å². The molecule has 5 heteroatoms. The number of para-hydroxylation sites is 3. The maximum Gasteiger partial charge on any atom is 0.163 e. The van der Waals surface area contributed by atoms with Crippen LogP contribution in [-0.2, 0) is 5.41 Å². The molecule has 3 aliphatic heterocycles. The SMILES string of the molecule is C1=CC2c3ccccc3N(c3ccc(C4N=C(c5cccc6c5Oc5ccccc5C65c6ccccc6-c6ccccc65)N=C(c5ccccc5)N4)cc3)C2C=C1. The topological polar surface area (TPSA) is 49.2 Å². The van der Waals surface area contributed by atoms with E-state index in [0.29, 0.717) is 11.8 Å². The van der Waals surface area contributed by atoms with Crippen molar-refractivity contribution in [2.45, 2.75) is 23.5 Å². The van der Waals surface area contributed by atoms with Crippen LogP contribution in [0.15, 0.2) is 204 Å². The molecule has 0 bridgehead atoms. The highest BCUT2D eigenvalue weighted by Gasteiger charge is 2.51. The first kappa shape index (κ1) is 32.0. The van der Waals surface area contributed by atoms with Gasteiger partial charge in [-0.05, 0) is 63.7 Å². The Morgan fingerprint density at radius 3 is 2.02 bits per heavy atom. The first-order valence-corrected chi connectivity index (χ1v) is 19.7. The number of fused-ring (bicyclic) bond motifs is 12. The van der Waals surface area contributed by atoms with Crippen molar-refractivity contribution in [2.75, 3.05) is 4.90 Å². The summed E-state index contributed by atoms with van der Waals surface area (Å²) in [7, 11) is 0. The van der Waals surface area contributed by atoms with Crippen LogP contribution in [0.25, 0.3) is 11.1 Å². The molecule has 0 saturated heterocycles. The lowest BCUT2D eigenvalue weighted by molar-refractivity contribution is 0.435. The van der Waals surface area contributed by atoms with Gasteiger partial charge in [0.25, 0.3) is 0 Å². The van der Waals surface area contributed by atoms with E-state index >= 15 is 0 Å². The number of nitrogens with one attached hydrogen (secondary N) is 1. The lowest BCUT2D eigenvalue weighted by Gasteiger charge is -2.40. The van der Waals surface area contributed by atoms with E-state index in [1.165, 1.54) is 33.5 Å². The number of aliphatic imine (C=N–C) groups is 2. The molecule has 0 aromatic heterocycles. The number of amidine groups is 2. The van der Waals surface area contributed by atoms with Crippen LogP contribution in [0.1, 0.15) is 56.6 Å². The first-order valence-electron chi connectivity index (χ1n) is 19.7. The van der Waals surface area contributed by atoms with Gasteiger partial charge in [-0.15, -0.1) is 0 Å². The molecule has 3 unspecified atom stereocenters. The quantitative estimate of drug-likeness (QED) is 0.196. The molecule has 0 amide bonds. The number of hydrogen-bond donors (Lipinski definition) is 1. The van der Waals surface area contributed by atoms with Gasteiger partial charge in [0.2, 0.25) is 0 Å². The van der Waals surface area contributed by atoms with Gasteiger partial charge in [0.05, 0.1) is 17.0 Å². The van der Waals surface area contributed by atoms with Crippen LogP contribution in [0.5, 0.6) is 11.5 Å². The van der Waals surface area contributed by atoms with E-state index in [4.69, 9.17) is 14.7 Å². The van der Waals surface area contributed by atoms with Crippen LogP contribution in [0.3, 0.4) is 0 Å². The predicted octanol–water partition coefficient (Wildman–Crippen LogP) is 11.4. The largest absolute Gasteiger partial charge is 0.456 e. The Morgan fingerprint density at radius 2 is 1.21 bits per heavy atom. The van der Waals surface area contributed by atoms with Gasteiger partial charge in [0.1, 0.15) is 23.5 Å². The summed E-state index contributed by atoms with van der Waals surface area (Å²) in [6.07, 6.45) is 8.58. The molecule has 1 N–H and O–H groups in total. The average molecular weight is 733 g/mol. The van der Waals surface area contributed by atoms with Crippen molar-refractivity contribution in [3.8, 4) is 22.6 Å². The molecular formula is C52H36N4O. The number of benzene rings is 7. The Bertz CT molecular complexity index is 2840. The second-order valence-electron chi connectivity index (χ2n) is 15.3. The lowest BCUT2D eigenvalue weighted by Crippen LogP contribution is -2.35. The number of anilines is 2. The Hall–Kier alpha value is -7.24. The van der Waals surface area contributed by atoms with Crippen LogP contribution >= 0.6 is 0 Å². The van der Waals surface area contributed by atoms with E-state index in [0.717, 1.165) is 50.8 Å². The van der Waals surface area contributed by atoms with Crippen molar-refractivity contribution in [2.24, 2.45) is 9.98 Å². The summed E-state index contributed by atoms with van der Waals surface area (Å²) in [6, 6.07) is 60.8. The van der Waals surface area contributed by atoms with Gasteiger partial charge in [0.15, 0.2) is 5.84 Å². The van der Waals surface area contributed by atoms with Crippen LogP contribution in [-0.4, -0.2) is 17.7 Å². The molecule has 270 valence electrons. The van der Waals surface area contributed by atoms with Gasteiger partial charge in [0, 0.05) is 34.0 Å². The number of nitrogens with zero attached hydrogens (tertiary/aromatic N) is 3. The Morgan fingerprint density at radius 1 is 0.561 bits per heavy atom. The van der Waals surface area contributed by atoms with E-state index in [-0.39, 0.29) is 12.2 Å². The zero-order chi connectivity index (χ0) is 37.5. The van der Waals surface area contributed by atoms with Crippen molar-refractivity contribution in [1.29, 1.82) is 0 Å². The fourth-order valence-electron chi connectivity index (χ4n) is 9.94. The average Bonchev–Trinajstić information content (AvgIpc) is 3.78. The highest BCUT2D eigenvalue weighted by atomic mass is 16.5. The summed E-state index contributed by atoms with van der Waals surface area (Å²) in [5, 5.41) is 3.69. The number of allylic oxidation sites excluding steroid dienone is 2. The van der Waals surface area contributed by atoms with Gasteiger partial charge < -0.3 is 15.0 Å². The van der Waals surface area contributed by atoms with E-state index in [1.807, 2.05) is 18.2 Å². The maximum atomic E-state index is 7.02. The molecule has 5 nitrogen and oxygen atoms in total. The van der Waals surface area contributed by atoms with Gasteiger partial charge in [-0.25, -0.2) is 9.98 Å². The third-order valence-corrected chi connectivity index (χ3v) is 12.4. The molecule has 0 saturated carbocycles. The van der Waals surface area contributed by atoms with Crippen molar-refractivity contribution >= 4 is 23.0 Å². The van der Waals surface area contributed by atoms with E-state index in [9.17, 15) is 0 Å². The minimum atomic E-state index is -0.571. The number of ether oxygens (including phenoxy) is 1. The smallest absolute Gasteiger partial charge is 0.163 e. The molecule has 1 spiro atoms. The molecule has 7 aromatic rings. The van der Waals surface area contributed by atoms with E-state index in [1.54, 1.807) is 0 Å². The fourth-order valence-corrected chi connectivity index (χ4v) is 9.94.